The van der Waals surface area contributed by atoms with E-state index in [1.54, 1.807) is 49.4 Å². The summed E-state index contributed by atoms with van der Waals surface area (Å²) in [6, 6.07) is 20.6. The Bertz CT molecular complexity index is 1350. The quantitative estimate of drug-likeness (QED) is 0.272. The Morgan fingerprint density at radius 1 is 1.03 bits per heavy atom. The molecule has 0 spiro atoms. The molecule has 4 rings (SSSR count). The van der Waals surface area contributed by atoms with Crippen LogP contribution in [0.3, 0.4) is 0 Å². The highest BCUT2D eigenvalue weighted by Crippen LogP contribution is 2.25. The molecule has 8 heteroatoms. The van der Waals surface area contributed by atoms with Crippen molar-refractivity contribution in [1.29, 1.82) is 0 Å². The fraction of sp³-hybridized carbons (Fsp3) is 0.0417. The van der Waals surface area contributed by atoms with Crippen molar-refractivity contribution < 1.29 is 14.1 Å². The number of benzene rings is 3. The molecule has 1 aromatic heterocycles. The molecule has 0 atom stereocenters. The number of hydrogen-bond acceptors (Lipinski definition) is 5. The number of hydrogen-bond donors (Lipinski definition) is 1. The molecule has 158 valence electrons. The van der Waals surface area contributed by atoms with Gasteiger partial charge in [0, 0.05) is 23.1 Å². The summed E-state index contributed by atoms with van der Waals surface area (Å²) in [7, 11) is 0. The summed E-state index contributed by atoms with van der Waals surface area (Å²) in [5, 5.41) is 15.6. The van der Waals surface area contributed by atoms with Gasteiger partial charge in [0.25, 0.3) is 11.6 Å². The summed E-state index contributed by atoms with van der Waals surface area (Å²) in [5.74, 6) is -0.795. The second kappa shape index (κ2) is 8.73. The van der Waals surface area contributed by atoms with E-state index in [0.29, 0.717) is 39.0 Å². The zero-order valence-corrected chi connectivity index (χ0v) is 16.9. The summed E-state index contributed by atoms with van der Waals surface area (Å²) in [6.07, 6.45) is 0. The van der Waals surface area contributed by atoms with Crippen molar-refractivity contribution in [3.63, 3.8) is 0 Å². The molecule has 32 heavy (non-hydrogen) atoms. The number of para-hydroxylation sites is 1. The molecule has 0 aliphatic heterocycles. The molecular formula is C24H17FN4O3. The number of rotatable bonds is 5. The number of nitro benzene ring substituents is 1. The number of pyridine rings is 1. The smallest absolute Gasteiger partial charge is 0.267 e. The normalized spacial score (nSPS) is 11.4. The molecule has 1 heterocycles. The average Bonchev–Trinajstić information content (AvgIpc) is 2.82. The highest BCUT2D eigenvalue weighted by Gasteiger charge is 2.14. The van der Waals surface area contributed by atoms with Crippen LogP contribution in [0.5, 0.6) is 0 Å². The van der Waals surface area contributed by atoms with Crippen LogP contribution in [-0.2, 0) is 0 Å². The third kappa shape index (κ3) is 4.34. The van der Waals surface area contributed by atoms with E-state index >= 15 is 0 Å². The van der Waals surface area contributed by atoms with Gasteiger partial charge in [-0.2, -0.15) is 5.10 Å². The van der Waals surface area contributed by atoms with E-state index in [-0.39, 0.29) is 11.5 Å². The predicted molar refractivity (Wildman–Crippen MR) is 120 cm³/mol. The molecule has 4 aromatic rings. The summed E-state index contributed by atoms with van der Waals surface area (Å²) in [5.41, 5.74) is 5.85. The number of nitrogens with zero attached hydrogens (tertiary/aromatic N) is 3. The fourth-order valence-corrected chi connectivity index (χ4v) is 3.22. The summed E-state index contributed by atoms with van der Waals surface area (Å²) < 4.78 is 13.3. The predicted octanol–water partition coefficient (Wildman–Crippen LogP) is 5.10. The summed E-state index contributed by atoms with van der Waals surface area (Å²) in [6.45, 7) is 1.69. The number of nitrogens with one attached hydrogen (secondary N) is 1. The van der Waals surface area contributed by atoms with Crippen LogP contribution in [0, 0.1) is 15.9 Å². The lowest BCUT2D eigenvalue weighted by Crippen LogP contribution is -2.20. The third-order valence-corrected chi connectivity index (χ3v) is 4.92. The molecule has 7 nitrogen and oxygen atoms in total. The van der Waals surface area contributed by atoms with Gasteiger partial charge in [-0.15, -0.1) is 0 Å². The van der Waals surface area contributed by atoms with Crippen LogP contribution in [0.2, 0.25) is 0 Å². The molecule has 0 aliphatic rings. The molecule has 0 aliphatic carbocycles. The van der Waals surface area contributed by atoms with E-state index in [1.165, 1.54) is 24.3 Å². The lowest BCUT2D eigenvalue weighted by molar-refractivity contribution is -0.384. The Morgan fingerprint density at radius 2 is 1.72 bits per heavy atom. The topological polar surface area (TPSA) is 97.5 Å². The molecule has 0 radical (unpaired) electrons. The van der Waals surface area contributed by atoms with Gasteiger partial charge < -0.3 is 0 Å². The van der Waals surface area contributed by atoms with Gasteiger partial charge in [0.1, 0.15) is 5.82 Å². The van der Waals surface area contributed by atoms with Crippen molar-refractivity contribution in [2.75, 3.05) is 0 Å². The van der Waals surface area contributed by atoms with Crippen LogP contribution in [-0.4, -0.2) is 21.5 Å². The number of carbonyl (C=O) groups excluding carboxylic acids is 1. The van der Waals surface area contributed by atoms with Gasteiger partial charge >= 0.3 is 0 Å². The van der Waals surface area contributed by atoms with Crippen LogP contribution >= 0.6 is 0 Å². The van der Waals surface area contributed by atoms with Gasteiger partial charge in [-0.3, -0.25) is 14.9 Å². The van der Waals surface area contributed by atoms with Crippen molar-refractivity contribution in [2.24, 2.45) is 5.10 Å². The molecule has 0 unspecified atom stereocenters. The van der Waals surface area contributed by atoms with Gasteiger partial charge in [-0.25, -0.2) is 14.8 Å². The minimum absolute atomic E-state index is 0.0258. The van der Waals surface area contributed by atoms with E-state index in [9.17, 15) is 19.3 Å². The van der Waals surface area contributed by atoms with Gasteiger partial charge in [-0.05, 0) is 61.0 Å². The standard InChI is InChI=1S/C24H17FN4O3/c1-15(16-8-12-19(13-9-16)29(31)32)27-28-24(30)21-14-23(17-6-10-18(25)11-7-17)26-22-5-3-2-4-20(21)22/h2-14H,1H3,(H,28,30). The summed E-state index contributed by atoms with van der Waals surface area (Å²) >= 11 is 0. The molecular weight excluding hydrogens is 411 g/mol. The zero-order chi connectivity index (χ0) is 22.7. The number of hydrazone groups is 1. The molecule has 0 saturated carbocycles. The highest BCUT2D eigenvalue weighted by molar-refractivity contribution is 6.08. The molecule has 1 amide bonds. The Kier molecular flexibility index (Phi) is 5.67. The van der Waals surface area contributed by atoms with E-state index < -0.39 is 10.8 Å². The number of aromatic nitrogens is 1. The number of fused-ring (bicyclic) bond motifs is 1. The Balaban J connectivity index is 1.66. The maximum atomic E-state index is 13.3. The fourth-order valence-electron chi connectivity index (χ4n) is 3.22. The lowest BCUT2D eigenvalue weighted by atomic mass is 10.0. The van der Waals surface area contributed by atoms with E-state index in [0.717, 1.165) is 0 Å². The Labute approximate surface area is 182 Å². The monoisotopic (exact) mass is 428 g/mol. The molecule has 1 N–H and O–H groups in total. The maximum absolute atomic E-state index is 13.3. The minimum Gasteiger partial charge on any atom is -0.267 e. The maximum Gasteiger partial charge on any atom is 0.272 e. The third-order valence-electron chi connectivity index (χ3n) is 4.92. The van der Waals surface area contributed by atoms with E-state index in [4.69, 9.17) is 0 Å². The first-order valence-electron chi connectivity index (χ1n) is 9.67. The van der Waals surface area contributed by atoms with Crippen LogP contribution in [0.25, 0.3) is 22.2 Å². The second-order valence-electron chi connectivity index (χ2n) is 7.02. The van der Waals surface area contributed by atoms with Crippen LogP contribution in [0.15, 0.2) is 84.0 Å². The first-order chi connectivity index (χ1) is 15.4. The van der Waals surface area contributed by atoms with Crippen molar-refractivity contribution >= 4 is 28.2 Å². The Hall–Kier alpha value is -4.46. The number of amides is 1. The van der Waals surface area contributed by atoms with Crippen molar-refractivity contribution in [3.8, 4) is 11.3 Å². The van der Waals surface area contributed by atoms with Crippen LogP contribution < -0.4 is 5.43 Å². The van der Waals surface area contributed by atoms with Gasteiger partial charge in [0.15, 0.2) is 0 Å². The van der Waals surface area contributed by atoms with Gasteiger partial charge in [0.2, 0.25) is 0 Å². The molecule has 0 saturated heterocycles. The number of non-ortho nitro benzene ring substituents is 1. The number of halogens is 1. The van der Waals surface area contributed by atoms with Gasteiger partial charge in [-0.1, -0.05) is 18.2 Å². The Morgan fingerprint density at radius 3 is 2.41 bits per heavy atom. The average molecular weight is 428 g/mol. The van der Waals surface area contributed by atoms with Crippen molar-refractivity contribution in [1.82, 2.24) is 10.4 Å². The highest BCUT2D eigenvalue weighted by atomic mass is 19.1. The SMILES string of the molecule is CC(=NNC(=O)c1cc(-c2ccc(F)cc2)nc2ccccc12)c1ccc([N+](=O)[O-])cc1. The number of nitro groups is 1. The van der Waals surface area contributed by atoms with Crippen molar-refractivity contribution in [2.45, 2.75) is 6.92 Å². The molecule has 0 bridgehead atoms. The largest absolute Gasteiger partial charge is 0.272 e. The molecule has 0 fully saturated rings. The molecule has 3 aromatic carbocycles. The second-order valence-corrected chi connectivity index (χ2v) is 7.02. The zero-order valence-electron chi connectivity index (χ0n) is 16.9. The van der Waals surface area contributed by atoms with Gasteiger partial charge in [0.05, 0.1) is 27.4 Å². The summed E-state index contributed by atoms with van der Waals surface area (Å²) in [4.78, 5) is 27.9. The lowest BCUT2D eigenvalue weighted by Gasteiger charge is -2.09. The van der Waals surface area contributed by atoms with Crippen LogP contribution in [0.1, 0.15) is 22.8 Å². The number of carbonyl (C=O) groups is 1. The van der Waals surface area contributed by atoms with E-state index in [1.807, 2.05) is 12.1 Å². The van der Waals surface area contributed by atoms with Crippen molar-refractivity contribution in [3.05, 3.63) is 106 Å². The van der Waals surface area contributed by atoms with Crippen LogP contribution in [0.4, 0.5) is 10.1 Å². The first-order valence-corrected chi connectivity index (χ1v) is 9.67. The minimum atomic E-state index is -0.481. The van der Waals surface area contributed by atoms with E-state index in [2.05, 4.69) is 15.5 Å². The first kappa shape index (κ1) is 20.8.